The van der Waals surface area contributed by atoms with Gasteiger partial charge in [0.2, 0.25) is 0 Å². The Morgan fingerprint density at radius 2 is 2.21 bits per heavy atom. The van der Waals surface area contributed by atoms with Gasteiger partial charge in [0.1, 0.15) is 12.7 Å². The summed E-state index contributed by atoms with van der Waals surface area (Å²) < 4.78 is 1.61. The number of nitrogens with zero attached hydrogens (tertiary/aromatic N) is 4. The molecule has 0 spiro atoms. The van der Waals surface area contributed by atoms with Crippen molar-refractivity contribution in [1.29, 1.82) is 0 Å². The topological polar surface area (TPSA) is 88.3 Å². The highest BCUT2D eigenvalue weighted by molar-refractivity contribution is 5.94. The smallest absolute Gasteiger partial charge is 0.303 e. The summed E-state index contributed by atoms with van der Waals surface area (Å²) in [4.78, 5) is 29.3. The van der Waals surface area contributed by atoms with Gasteiger partial charge in [-0.15, -0.1) is 0 Å². The van der Waals surface area contributed by atoms with Crippen LogP contribution >= 0.6 is 0 Å². The number of hydrogen-bond donors (Lipinski definition) is 1. The SMILES string of the molecule is O=C(O)CC[C@@H]1CCCN(C(=O)c2cccc(-n3cncn3)c2)C1. The number of hydrogen-bond acceptors (Lipinski definition) is 4. The van der Waals surface area contributed by atoms with E-state index < -0.39 is 5.97 Å². The average molecular weight is 328 g/mol. The molecule has 1 N–H and O–H groups in total. The zero-order valence-corrected chi connectivity index (χ0v) is 13.3. The highest BCUT2D eigenvalue weighted by Gasteiger charge is 2.25. The number of benzene rings is 1. The van der Waals surface area contributed by atoms with Crippen LogP contribution in [-0.2, 0) is 4.79 Å². The summed E-state index contributed by atoms with van der Waals surface area (Å²) in [6, 6.07) is 7.30. The third-order valence-corrected chi connectivity index (χ3v) is 4.35. The number of carbonyl (C=O) groups is 2. The van der Waals surface area contributed by atoms with Crippen LogP contribution in [0.4, 0.5) is 0 Å². The van der Waals surface area contributed by atoms with E-state index in [2.05, 4.69) is 10.1 Å². The fourth-order valence-corrected chi connectivity index (χ4v) is 3.12. The molecule has 24 heavy (non-hydrogen) atoms. The molecule has 1 fully saturated rings. The molecule has 3 rings (SSSR count). The third kappa shape index (κ3) is 3.79. The van der Waals surface area contributed by atoms with Crippen molar-refractivity contribution in [2.45, 2.75) is 25.7 Å². The molecule has 1 amide bonds. The normalized spacial score (nSPS) is 17.7. The molecule has 1 aromatic carbocycles. The Balaban J connectivity index is 1.69. The first-order valence-corrected chi connectivity index (χ1v) is 8.09. The molecule has 2 aromatic rings. The summed E-state index contributed by atoms with van der Waals surface area (Å²) in [7, 11) is 0. The summed E-state index contributed by atoms with van der Waals surface area (Å²) in [5.74, 6) is -0.534. The monoisotopic (exact) mass is 328 g/mol. The predicted molar refractivity (Wildman–Crippen MR) is 86.9 cm³/mol. The Labute approximate surface area is 139 Å². The van der Waals surface area contributed by atoms with Crippen LogP contribution in [0.3, 0.4) is 0 Å². The Kier molecular flexibility index (Phi) is 4.88. The van der Waals surface area contributed by atoms with E-state index in [1.807, 2.05) is 17.0 Å². The number of piperidine rings is 1. The Morgan fingerprint density at radius 1 is 1.33 bits per heavy atom. The minimum atomic E-state index is -0.779. The quantitative estimate of drug-likeness (QED) is 0.906. The largest absolute Gasteiger partial charge is 0.481 e. The molecule has 0 radical (unpaired) electrons. The highest BCUT2D eigenvalue weighted by Crippen LogP contribution is 2.23. The second-order valence-electron chi connectivity index (χ2n) is 6.08. The predicted octanol–water partition coefficient (Wildman–Crippen LogP) is 1.98. The number of likely N-dealkylation sites (tertiary alicyclic amines) is 1. The summed E-state index contributed by atoms with van der Waals surface area (Å²) in [5.41, 5.74) is 1.40. The molecule has 7 heteroatoms. The van der Waals surface area contributed by atoms with Gasteiger partial charge in [0.15, 0.2) is 0 Å². The van der Waals surface area contributed by atoms with Gasteiger partial charge in [0, 0.05) is 25.1 Å². The van der Waals surface area contributed by atoms with Crippen LogP contribution in [0.1, 0.15) is 36.0 Å². The van der Waals surface area contributed by atoms with Crippen LogP contribution in [0.25, 0.3) is 5.69 Å². The Bertz CT molecular complexity index is 714. The average Bonchev–Trinajstić information content (AvgIpc) is 3.14. The van der Waals surface area contributed by atoms with E-state index >= 15 is 0 Å². The van der Waals surface area contributed by atoms with Crippen molar-refractivity contribution in [3.8, 4) is 5.69 Å². The lowest BCUT2D eigenvalue weighted by Gasteiger charge is -2.32. The molecule has 0 aliphatic carbocycles. The number of amides is 1. The standard InChI is InChI=1S/C17H20N4O3/c22-16(23)7-6-13-3-2-8-20(10-13)17(24)14-4-1-5-15(9-14)21-12-18-11-19-21/h1,4-5,9,11-13H,2-3,6-8,10H2,(H,22,23)/t13-/m0/s1. The lowest BCUT2D eigenvalue weighted by atomic mass is 9.93. The molecule has 2 heterocycles. The van der Waals surface area contributed by atoms with E-state index in [1.54, 1.807) is 23.1 Å². The lowest BCUT2D eigenvalue weighted by Crippen LogP contribution is -2.40. The Hall–Kier alpha value is -2.70. The van der Waals surface area contributed by atoms with Crippen molar-refractivity contribution in [3.05, 3.63) is 42.5 Å². The fourth-order valence-electron chi connectivity index (χ4n) is 3.12. The molecule has 126 valence electrons. The van der Waals surface area contributed by atoms with Crippen LogP contribution < -0.4 is 0 Å². The van der Waals surface area contributed by atoms with Crippen molar-refractivity contribution in [2.24, 2.45) is 5.92 Å². The van der Waals surface area contributed by atoms with Gasteiger partial charge in [-0.05, 0) is 43.4 Å². The first-order chi connectivity index (χ1) is 11.6. The number of rotatable bonds is 5. The maximum Gasteiger partial charge on any atom is 0.303 e. The molecule has 1 aliphatic heterocycles. The molecule has 7 nitrogen and oxygen atoms in total. The van der Waals surface area contributed by atoms with Gasteiger partial charge >= 0.3 is 5.97 Å². The van der Waals surface area contributed by atoms with Crippen molar-refractivity contribution < 1.29 is 14.7 Å². The molecule has 1 atom stereocenters. The van der Waals surface area contributed by atoms with E-state index in [0.29, 0.717) is 18.5 Å². The number of carboxylic acids is 1. The van der Waals surface area contributed by atoms with E-state index in [4.69, 9.17) is 5.11 Å². The van der Waals surface area contributed by atoms with E-state index in [1.165, 1.54) is 6.33 Å². The number of aliphatic carboxylic acids is 1. The zero-order valence-electron chi connectivity index (χ0n) is 13.3. The van der Waals surface area contributed by atoms with E-state index in [9.17, 15) is 9.59 Å². The molecule has 0 saturated carbocycles. The first-order valence-electron chi connectivity index (χ1n) is 8.09. The maximum absolute atomic E-state index is 12.8. The fraction of sp³-hybridized carbons (Fsp3) is 0.412. The summed E-state index contributed by atoms with van der Waals surface area (Å²) in [6.07, 6.45) is 5.72. The van der Waals surface area contributed by atoms with Crippen molar-refractivity contribution in [2.75, 3.05) is 13.1 Å². The molecule has 0 bridgehead atoms. The highest BCUT2D eigenvalue weighted by atomic mass is 16.4. The lowest BCUT2D eigenvalue weighted by molar-refractivity contribution is -0.137. The number of aromatic nitrogens is 3. The molecule has 1 aromatic heterocycles. The van der Waals surface area contributed by atoms with Crippen LogP contribution in [0.5, 0.6) is 0 Å². The summed E-state index contributed by atoms with van der Waals surface area (Å²) in [5, 5.41) is 12.9. The number of carbonyl (C=O) groups excluding carboxylic acids is 1. The second kappa shape index (κ2) is 7.25. The van der Waals surface area contributed by atoms with E-state index in [0.717, 1.165) is 25.1 Å². The van der Waals surface area contributed by atoms with Crippen LogP contribution in [0, 0.1) is 5.92 Å². The molecule has 1 aliphatic rings. The van der Waals surface area contributed by atoms with E-state index in [-0.39, 0.29) is 18.2 Å². The van der Waals surface area contributed by atoms with Crippen molar-refractivity contribution in [3.63, 3.8) is 0 Å². The van der Waals surface area contributed by atoms with Crippen molar-refractivity contribution in [1.82, 2.24) is 19.7 Å². The van der Waals surface area contributed by atoms with Gasteiger partial charge in [0.25, 0.3) is 5.91 Å². The minimum Gasteiger partial charge on any atom is -0.481 e. The van der Waals surface area contributed by atoms with Gasteiger partial charge in [-0.3, -0.25) is 9.59 Å². The summed E-state index contributed by atoms with van der Waals surface area (Å²) >= 11 is 0. The van der Waals surface area contributed by atoms with Crippen molar-refractivity contribution >= 4 is 11.9 Å². The van der Waals surface area contributed by atoms with Gasteiger partial charge in [0.05, 0.1) is 5.69 Å². The zero-order chi connectivity index (χ0) is 16.9. The molecule has 1 saturated heterocycles. The third-order valence-electron chi connectivity index (χ3n) is 4.35. The van der Waals surface area contributed by atoms with Gasteiger partial charge < -0.3 is 10.0 Å². The molecule has 0 unspecified atom stereocenters. The Morgan fingerprint density at radius 3 is 2.96 bits per heavy atom. The second-order valence-corrected chi connectivity index (χ2v) is 6.08. The van der Waals surface area contributed by atoms with Crippen LogP contribution in [0.15, 0.2) is 36.9 Å². The van der Waals surface area contributed by atoms with Gasteiger partial charge in [-0.25, -0.2) is 9.67 Å². The van der Waals surface area contributed by atoms with Gasteiger partial charge in [-0.1, -0.05) is 6.07 Å². The number of carboxylic acid groups (broad SMARTS) is 1. The van der Waals surface area contributed by atoms with Crippen LogP contribution in [-0.4, -0.2) is 49.7 Å². The summed E-state index contributed by atoms with van der Waals surface area (Å²) in [6.45, 7) is 1.34. The maximum atomic E-state index is 12.8. The minimum absolute atomic E-state index is 0.0167. The van der Waals surface area contributed by atoms with Gasteiger partial charge in [-0.2, -0.15) is 5.10 Å². The molecular weight excluding hydrogens is 308 g/mol. The van der Waals surface area contributed by atoms with Crippen LogP contribution in [0.2, 0.25) is 0 Å². The first kappa shape index (κ1) is 16.2. The molecular formula is C17H20N4O3.